The number of H-pyrrole nitrogens is 1. The summed E-state index contributed by atoms with van der Waals surface area (Å²) >= 11 is 0. The molecule has 45 heteroatoms. The van der Waals surface area contributed by atoms with Gasteiger partial charge in [0.15, 0.2) is 5.96 Å². The molecule has 0 spiro atoms. The average molecular weight is 1700 g/mol. The largest absolute Gasteiger partial charge is 0.508 e. The number of nitrogens with zero attached hydrogens (tertiary/aromatic N) is 1. The fourth-order valence-corrected chi connectivity index (χ4v) is 11.9. The average Bonchev–Trinajstić information content (AvgIpc) is 1.73. The number of aromatic hydroxyl groups is 1. The van der Waals surface area contributed by atoms with E-state index in [0.717, 1.165) is 6.92 Å². The number of aliphatic imine (C=N–C) groups is 1. The number of nitrogens with one attached hydrogen (secondary N) is 14. The number of carbonyl (C=O) groups is 18. The summed E-state index contributed by atoms with van der Waals surface area (Å²) in [6, 6.07) is -10.6. The van der Waals surface area contributed by atoms with Gasteiger partial charge in [0.1, 0.15) is 78.3 Å². The van der Waals surface area contributed by atoms with E-state index < -0.39 is 280 Å². The molecular weight excluding hydrogens is 1580 g/mol. The van der Waals surface area contributed by atoms with Crippen LogP contribution in [-0.2, 0) is 99.1 Å². The number of para-hydroxylation sites is 1. The van der Waals surface area contributed by atoms with Crippen LogP contribution in [0.15, 0.2) is 59.7 Å². The Morgan fingerprint density at radius 3 is 1.42 bits per heavy atom. The van der Waals surface area contributed by atoms with E-state index in [1.807, 2.05) is 0 Å². The van der Waals surface area contributed by atoms with E-state index in [0.29, 0.717) is 28.5 Å². The first-order valence-corrected chi connectivity index (χ1v) is 38.6. The number of carboxylic acids is 5. The quantitative estimate of drug-likeness (QED) is 0.0142. The van der Waals surface area contributed by atoms with Crippen LogP contribution in [0.5, 0.6) is 5.75 Å². The first-order valence-electron chi connectivity index (χ1n) is 38.6. The number of aliphatic carboxylic acids is 5. The summed E-state index contributed by atoms with van der Waals surface area (Å²) in [5.74, 6) is -25.4. The molecule has 1 aromatic heterocycles. The number of nitrogens with two attached hydrogens (primary N) is 4. The highest BCUT2D eigenvalue weighted by atomic mass is 16.4. The number of phenolic OH excluding ortho intramolecular Hbond substituents is 1. The maximum atomic E-state index is 15.0. The van der Waals surface area contributed by atoms with Crippen molar-refractivity contribution in [1.29, 1.82) is 0 Å². The van der Waals surface area contributed by atoms with E-state index in [-0.39, 0.29) is 50.9 Å². The summed E-state index contributed by atoms with van der Waals surface area (Å²) in [5, 5.41) is 111. The Hall–Kier alpha value is -12.7. The molecule has 3 rings (SSSR count). The van der Waals surface area contributed by atoms with Crippen molar-refractivity contribution in [2.24, 2.45) is 45.7 Å². The van der Waals surface area contributed by atoms with Crippen molar-refractivity contribution in [2.45, 2.75) is 223 Å². The number of benzene rings is 2. The second-order valence-corrected chi connectivity index (χ2v) is 29.2. The number of guanidine groups is 1. The highest BCUT2D eigenvalue weighted by molar-refractivity contribution is 6.01. The first-order chi connectivity index (χ1) is 56.4. The molecule has 0 saturated carbocycles. The van der Waals surface area contributed by atoms with Crippen LogP contribution in [0.1, 0.15) is 137 Å². The van der Waals surface area contributed by atoms with Crippen LogP contribution in [0.3, 0.4) is 0 Å². The lowest BCUT2D eigenvalue weighted by Gasteiger charge is -2.29. The number of carbonyl (C=O) groups excluding carboxylic acids is 13. The number of aliphatic hydroxyl groups is 2. The van der Waals surface area contributed by atoms with E-state index in [1.165, 1.54) is 65.1 Å². The number of aliphatic hydroxyl groups excluding tert-OH is 2. The van der Waals surface area contributed by atoms with Gasteiger partial charge in [-0.1, -0.05) is 78.3 Å². The number of carboxylic acid groups (broad SMARTS) is 5. The molecule has 0 fully saturated rings. The van der Waals surface area contributed by atoms with Crippen molar-refractivity contribution in [3.8, 4) is 5.75 Å². The zero-order valence-electron chi connectivity index (χ0n) is 67.4. The monoisotopic (exact) mass is 1700 g/mol. The number of hydrogen-bond acceptors (Lipinski definition) is 24. The van der Waals surface area contributed by atoms with Gasteiger partial charge in [0.2, 0.25) is 76.8 Å². The number of hydrogen-bond donors (Lipinski definition) is 26. The number of unbranched alkanes of at least 4 members (excludes halogenated alkanes) is 1. The van der Waals surface area contributed by atoms with E-state index in [9.17, 15) is 127 Å². The third-order valence-electron chi connectivity index (χ3n) is 18.8. The third-order valence-corrected chi connectivity index (χ3v) is 18.8. The zero-order valence-corrected chi connectivity index (χ0v) is 67.4. The molecule has 120 heavy (non-hydrogen) atoms. The predicted molar refractivity (Wildman–Crippen MR) is 425 cm³/mol. The molecule has 45 nitrogen and oxygen atoms in total. The lowest BCUT2D eigenvalue weighted by atomic mass is 9.96. The minimum Gasteiger partial charge on any atom is -0.508 e. The van der Waals surface area contributed by atoms with E-state index in [2.05, 4.69) is 79.1 Å². The molecular formula is C75H113N19O26. The second-order valence-electron chi connectivity index (χ2n) is 29.2. The zero-order chi connectivity index (χ0) is 90.4. The molecule has 3 aromatic rings. The topological polar surface area (TPSA) is 758 Å². The Kier molecular flexibility index (Phi) is 43.0. The van der Waals surface area contributed by atoms with Crippen molar-refractivity contribution >= 4 is 124 Å². The van der Waals surface area contributed by atoms with Gasteiger partial charge in [0.25, 0.3) is 0 Å². The highest BCUT2D eigenvalue weighted by Crippen LogP contribution is 2.21. The van der Waals surface area contributed by atoms with Crippen LogP contribution in [0.4, 0.5) is 0 Å². The number of fused-ring (bicyclic) bond motifs is 1. The Morgan fingerprint density at radius 1 is 0.458 bits per heavy atom. The van der Waals surface area contributed by atoms with Crippen molar-refractivity contribution in [3.63, 3.8) is 0 Å². The normalized spacial score (nSPS) is 14.9. The summed E-state index contributed by atoms with van der Waals surface area (Å²) in [4.78, 5) is 249. The number of aromatic amines is 1. The molecule has 664 valence electrons. The predicted octanol–water partition coefficient (Wildman–Crippen LogP) is -6.40. The van der Waals surface area contributed by atoms with Crippen molar-refractivity contribution in [2.75, 3.05) is 26.2 Å². The van der Waals surface area contributed by atoms with Gasteiger partial charge in [-0.2, -0.15) is 0 Å². The van der Waals surface area contributed by atoms with Crippen LogP contribution in [0.2, 0.25) is 0 Å². The summed E-state index contributed by atoms with van der Waals surface area (Å²) in [5.41, 5.74) is 23.7. The van der Waals surface area contributed by atoms with Crippen LogP contribution in [0, 0.1) is 17.8 Å². The van der Waals surface area contributed by atoms with Gasteiger partial charge in [0.05, 0.1) is 38.1 Å². The molecule has 0 unspecified atom stereocenters. The van der Waals surface area contributed by atoms with Crippen molar-refractivity contribution in [3.05, 3.63) is 65.9 Å². The maximum Gasteiger partial charge on any atom is 0.326 e. The Balaban J connectivity index is 1.98. The van der Waals surface area contributed by atoms with E-state index >= 15 is 0 Å². The molecule has 30 N–H and O–H groups in total. The lowest BCUT2D eigenvalue weighted by molar-refractivity contribution is -0.144. The smallest absolute Gasteiger partial charge is 0.326 e. The molecule has 15 atom stereocenters. The Labute approximate surface area is 688 Å². The van der Waals surface area contributed by atoms with Crippen LogP contribution < -0.4 is 92.1 Å². The first kappa shape index (κ1) is 102. The number of phenols is 1. The Bertz CT molecular complexity index is 4100. The molecule has 0 bridgehead atoms. The molecule has 0 radical (unpaired) electrons. The second kappa shape index (κ2) is 50.9. The van der Waals surface area contributed by atoms with Gasteiger partial charge in [0, 0.05) is 49.3 Å². The van der Waals surface area contributed by atoms with Crippen LogP contribution in [-0.4, -0.2) is 269 Å². The molecule has 2 aromatic carbocycles. The number of amides is 13. The SMILES string of the molecule is CC[C@H](C)[C@H](NC(=O)[C@H](CCCCN)NC(=O)[C@@H](N)CC(=O)O)C(=O)N[C@@H](CC(=O)O)C(=O)N[C@@H](Cc1c[nH]c2ccccc12)C(=O)N[C@@H](CCCN=C(N)N)C(=O)N[C@@H](CCC(=O)O)C(=O)N[C@@H](CO)C(=O)NCC(=O)N[C@@H](Cc1ccc(O)cc1)C(=O)N[C@H](C(=O)N[C@H](C(=O)N[C@@H](CCC(=O)O)C(=O)N[C@H](C(=O)O)C(C)C)[C@@H](C)O)C(C)C. The standard InChI is InChI=1S/C75H113N19O26/c1-8-37(6)60(93-66(111)45(16-11-12-26-76)84-62(107)43(77)30-56(103)104)72(117)89-51(31-57(105)106)69(114)88-50(29-40-32-81-44-15-10-9-14-42(40)44)68(113)85-46(17-13-27-80-75(78)79)64(109)86-47(22-24-54(99)100)65(110)90-52(34-95)63(108)82-33-53(98)83-49(28-39-18-20-41(97)21-19-39)70(115)91-58(35(2)3)71(116)94-61(38(7)96)73(118)87-48(23-25-55(101)102)67(112)92-59(36(4)5)74(119)120/h9-10,14-15,18-21,32,35-38,43,45-52,58-61,81,95-97H,8,11-13,16-17,22-31,33-34,76-77H2,1-7H3,(H,82,108)(H,83,98)(H,84,107)(H,85,113)(H,86,109)(H,87,118)(H,88,114)(H,89,117)(H,90,110)(H,91,115)(H,92,112)(H,93,111)(H,94,116)(H,99,100)(H,101,102)(H,103,104)(H,105,106)(H,119,120)(H4,78,79,80)/t37-,38+,43-,45-,46-,47-,48-,49-,50-,51-,52-,58-,59-,60-,61-/m0/s1. The highest BCUT2D eigenvalue weighted by Gasteiger charge is 2.40. The fraction of sp³-hybridized carbons (Fsp3) is 0.560. The van der Waals surface area contributed by atoms with Gasteiger partial charge in [-0.05, 0) is 105 Å². The van der Waals surface area contributed by atoms with Gasteiger partial charge in [-0.15, -0.1) is 0 Å². The van der Waals surface area contributed by atoms with Gasteiger partial charge in [-0.3, -0.25) is 86.5 Å². The number of aromatic nitrogens is 1. The summed E-state index contributed by atoms with van der Waals surface area (Å²) in [6.45, 7) is 7.81. The maximum absolute atomic E-state index is 15.0. The van der Waals surface area contributed by atoms with Gasteiger partial charge >= 0.3 is 29.8 Å². The molecule has 13 amide bonds. The Morgan fingerprint density at radius 2 is 0.900 bits per heavy atom. The molecule has 0 aliphatic rings. The van der Waals surface area contributed by atoms with E-state index in [1.54, 1.807) is 31.2 Å². The third kappa shape index (κ3) is 35.3. The van der Waals surface area contributed by atoms with Crippen LogP contribution in [0.25, 0.3) is 10.9 Å². The summed E-state index contributed by atoms with van der Waals surface area (Å²) in [7, 11) is 0. The molecule has 1 heterocycles. The van der Waals surface area contributed by atoms with Gasteiger partial charge < -0.3 is 138 Å². The van der Waals surface area contributed by atoms with E-state index in [4.69, 9.17) is 22.9 Å². The summed E-state index contributed by atoms with van der Waals surface area (Å²) < 4.78 is 0. The fourth-order valence-electron chi connectivity index (χ4n) is 11.9. The number of rotatable bonds is 55. The minimum absolute atomic E-state index is 0.0637. The summed E-state index contributed by atoms with van der Waals surface area (Å²) in [6.07, 6.45) is -5.68. The lowest BCUT2D eigenvalue weighted by Crippen LogP contribution is -2.62. The van der Waals surface area contributed by atoms with Crippen molar-refractivity contribution in [1.82, 2.24) is 74.1 Å². The molecule has 0 aliphatic heterocycles. The molecule has 0 saturated heterocycles. The van der Waals surface area contributed by atoms with Gasteiger partial charge in [-0.25, -0.2) is 4.79 Å². The minimum atomic E-state index is -2.03. The molecule has 0 aliphatic carbocycles. The van der Waals surface area contributed by atoms with Crippen molar-refractivity contribution < 1.29 is 127 Å². The van der Waals surface area contributed by atoms with Crippen LogP contribution >= 0.6 is 0 Å².